The minimum atomic E-state index is -0.813. The maximum absolute atomic E-state index is 9.77. The quantitative estimate of drug-likeness (QED) is 0.492. The summed E-state index contributed by atoms with van der Waals surface area (Å²) in [5.74, 6) is -0.813. The summed E-state index contributed by atoms with van der Waals surface area (Å²) in [6.45, 7) is 0. The van der Waals surface area contributed by atoms with E-state index in [0.29, 0.717) is 0 Å². The Morgan fingerprint density at radius 3 is 2.43 bits per heavy atom. The first-order chi connectivity index (χ1) is 3.29. The van der Waals surface area contributed by atoms with Gasteiger partial charge in [0, 0.05) is 6.08 Å². The number of rotatable bonds is 1. The molecule has 1 aliphatic rings. The first kappa shape index (κ1) is 4.37. The lowest BCUT2D eigenvalue weighted by atomic mass is 10.5. The molecule has 0 aliphatic heterocycles. The van der Waals surface area contributed by atoms with Gasteiger partial charge in [-0.15, -0.1) is 0 Å². The number of carbonyl (C=O) groups is 1. The minimum Gasteiger partial charge on any atom is -0.478 e. The number of hydrogen-bond acceptors (Lipinski definition) is 1. The van der Waals surface area contributed by atoms with Crippen molar-refractivity contribution in [2.75, 3.05) is 0 Å². The zero-order chi connectivity index (χ0) is 5.28. The van der Waals surface area contributed by atoms with Crippen molar-refractivity contribution in [3.05, 3.63) is 11.6 Å². The molecule has 0 aromatic heterocycles. The molecule has 0 atom stereocenters. The Bertz CT molecular complexity index is 118. The van der Waals surface area contributed by atoms with E-state index in [4.69, 9.17) is 5.11 Å². The van der Waals surface area contributed by atoms with Gasteiger partial charge in [-0.05, 0) is 12.8 Å². The lowest BCUT2D eigenvalue weighted by Gasteiger charge is -1.70. The van der Waals surface area contributed by atoms with Crippen LogP contribution in [-0.4, -0.2) is 11.1 Å². The summed E-state index contributed by atoms with van der Waals surface area (Å²) in [6.07, 6.45) is 3.26. The van der Waals surface area contributed by atoms with E-state index in [2.05, 4.69) is 0 Å². The molecule has 0 amide bonds. The lowest BCUT2D eigenvalue weighted by Crippen LogP contribution is -1.84. The molecule has 38 valence electrons. The first-order valence-corrected chi connectivity index (χ1v) is 2.21. The Morgan fingerprint density at radius 2 is 2.29 bits per heavy atom. The molecule has 0 radical (unpaired) electrons. The maximum Gasteiger partial charge on any atom is 0.328 e. The van der Waals surface area contributed by atoms with Crippen LogP contribution in [0.2, 0.25) is 0 Å². The molecule has 1 rings (SSSR count). The van der Waals surface area contributed by atoms with Gasteiger partial charge in [-0.3, -0.25) is 0 Å². The van der Waals surface area contributed by atoms with Crippen LogP contribution in [-0.2, 0) is 4.79 Å². The maximum atomic E-state index is 9.77. The molecule has 0 heterocycles. The summed E-state index contributed by atoms with van der Waals surface area (Å²) in [7, 11) is 0. The van der Waals surface area contributed by atoms with E-state index in [9.17, 15) is 4.79 Å². The van der Waals surface area contributed by atoms with Gasteiger partial charge in [-0.1, -0.05) is 5.57 Å². The van der Waals surface area contributed by atoms with Crippen LogP contribution >= 0.6 is 0 Å². The van der Waals surface area contributed by atoms with Crippen molar-refractivity contribution in [1.29, 1.82) is 0 Å². The van der Waals surface area contributed by atoms with E-state index in [1.54, 1.807) is 0 Å². The van der Waals surface area contributed by atoms with Crippen LogP contribution < -0.4 is 0 Å². The van der Waals surface area contributed by atoms with Crippen LogP contribution in [0.25, 0.3) is 0 Å². The van der Waals surface area contributed by atoms with Crippen molar-refractivity contribution in [3.8, 4) is 0 Å². The molecule has 0 bridgehead atoms. The fraction of sp³-hybridized carbons (Fsp3) is 0.400. The molecular formula is C5H6O2. The van der Waals surface area contributed by atoms with Gasteiger partial charge in [-0.25, -0.2) is 4.79 Å². The van der Waals surface area contributed by atoms with Gasteiger partial charge in [0.1, 0.15) is 0 Å². The Kier molecular flexibility index (Phi) is 0.855. The third kappa shape index (κ3) is 1.39. The Labute approximate surface area is 41.5 Å². The summed E-state index contributed by atoms with van der Waals surface area (Å²) in [5.41, 5.74) is 1.06. The van der Waals surface area contributed by atoms with Crippen LogP contribution in [0.3, 0.4) is 0 Å². The van der Waals surface area contributed by atoms with Gasteiger partial charge in [0.25, 0.3) is 0 Å². The summed E-state index contributed by atoms with van der Waals surface area (Å²) in [5, 5.41) is 8.05. The molecule has 1 fully saturated rings. The van der Waals surface area contributed by atoms with Crippen LogP contribution in [0.4, 0.5) is 0 Å². The summed E-state index contributed by atoms with van der Waals surface area (Å²) in [4.78, 5) is 9.77. The SMILES string of the molecule is O=C(O)C=C1CC1. The Balaban J connectivity index is 2.45. The molecule has 0 aromatic rings. The minimum absolute atomic E-state index is 0.813. The van der Waals surface area contributed by atoms with Crippen molar-refractivity contribution < 1.29 is 9.90 Å². The third-order valence-electron chi connectivity index (χ3n) is 0.866. The second-order valence-corrected chi connectivity index (χ2v) is 1.64. The van der Waals surface area contributed by atoms with Crippen LogP contribution in [0, 0.1) is 0 Å². The van der Waals surface area contributed by atoms with Crippen molar-refractivity contribution in [2.24, 2.45) is 0 Å². The van der Waals surface area contributed by atoms with Gasteiger partial charge in [0.15, 0.2) is 0 Å². The molecule has 1 aliphatic carbocycles. The van der Waals surface area contributed by atoms with Gasteiger partial charge in [-0.2, -0.15) is 0 Å². The Hall–Kier alpha value is -0.790. The van der Waals surface area contributed by atoms with Crippen molar-refractivity contribution in [3.63, 3.8) is 0 Å². The molecule has 2 heteroatoms. The predicted octanol–water partition coefficient (Wildman–Crippen LogP) is 0.791. The summed E-state index contributed by atoms with van der Waals surface area (Å²) < 4.78 is 0. The first-order valence-electron chi connectivity index (χ1n) is 2.21. The highest BCUT2D eigenvalue weighted by Crippen LogP contribution is 2.26. The number of carboxylic acid groups (broad SMARTS) is 1. The average molecular weight is 98.1 g/mol. The second-order valence-electron chi connectivity index (χ2n) is 1.64. The largest absolute Gasteiger partial charge is 0.478 e. The van der Waals surface area contributed by atoms with E-state index in [1.165, 1.54) is 6.08 Å². The van der Waals surface area contributed by atoms with E-state index >= 15 is 0 Å². The van der Waals surface area contributed by atoms with E-state index in [-0.39, 0.29) is 0 Å². The van der Waals surface area contributed by atoms with Gasteiger partial charge >= 0.3 is 5.97 Å². The number of carboxylic acids is 1. The van der Waals surface area contributed by atoms with Crippen molar-refractivity contribution in [2.45, 2.75) is 12.8 Å². The molecule has 7 heavy (non-hydrogen) atoms. The average Bonchev–Trinajstić information content (AvgIpc) is 2.17. The van der Waals surface area contributed by atoms with E-state index in [0.717, 1.165) is 18.4 Å². The molecule has 0 unspecified atom stereocenters. The fourth-order valence-corrected chi connectivity index (χ4v) is 0.391. The van der Waals surface area contributed by atoms with Crippen molar-refractivity contribution >= 4 is 5.97 Å². The van der Waals surface area contributed by atoms with E-state index in [1.807, 2.05) is 0 Å². The predicted molar refractivity (Wildman–Crippen MR) is 25.0 cm³/mol. The monoisotopic (exact) mass is 98.0 g/mol. The highest BCUT2D eigenvalue weighted by atomic mass is 16.4. The normalized spacial score (nSPS) is 16.3. The standard InChI is InChI=1S/C5H6O2/c6-5(7)3-4-1-2-4/h3H,1-2H2,(H,6,7). The third-order valence-corrected chi connectivity index (χ3v) is 0.866. The fourth-order valence-electron chi connectivity index (χ4n) is 0.391. The zero-order valence-electron chi connectivity index (χ0n) is 3.85. The van der Waals surface area contributed by atoms with Gasteiger partial charge in [0.05, 0.1) is 0 Å². The number of allylic oxidation sites excluding steroid dienone is 1. The molecular weight excluding hydrogens is 92.1 g/mol. The van der Waals surface area contributed by atoms with Crippen LogP contribution in [0.1, 0.15) is 12.8 Å². The number of aliphatic carboxylic acids is 1. The molecule has 2 nitrogen and oxygen atoms in total. The smallest absolute Gasteiger partial charge is 0.328 e. The summed E-state index contributed by atoms with van der Waals surface area (Å²) >= 11 is 0. The lowest BCUT2D eigenvalue weighted by molar-refractivity contribution is -0.131. The van der Waals surface area contributed by atoms with Crippen molar-refractivity contribution in [1.82, 2.24) is 0 Å². The van der Waals surface area contributed by atoms with Gasteiger partial charge in [0.2, 0.25) is 0 Å². The second kappa shape index (κ2) is 1.37. The molecule has 0 aromatic carbocycles. The zero-order valence-corrected chi connectivity index (χ0v) is 3.85. The van der Waals surface area contributed by atoms with Crippen LogP contribution in [0.5, 0.6) is 0 Å². The topological polar surface area (TPSA) is 37.3 Å². The molecule has 1 N–H and O–H groups in total. The Morgan fingerprint density at radius 1 is 1.71 bits per heavy atom. The highest BCUT2D eigenvalue weighted by molar-refractivity contribution is 5.81. The van der Waals surface area contributed by atoms with Gasteiger partial charge < -0.3 is 5.11 Å². The molecule has 1 saturated carbocycles. The molecule has 0 saturated heterocycles. The summed E-state index contributed by atoms with van der Waals surface area (Å²) in [6, 6.07) is 0. The highest BCUT2D eigenvalue weighted by Gasteiger charge is 2.11. The molecule has 0 spiro atoms. The van der Waals surface area contributed by atoms with Crippen LogP contribution in [0.15, 0.2) is 11.6 Å². The van der Waals surface area contributed by atoms with E-state index < -0.39 is 5.97 Å². The number of hydrogen-bond donors (Lipinski definition) is 1.